The first-order valence-corrected chi connectivity index (χ1v) is 7.78. The van der Waals surface area contributed by atoms with Crippen LogP contribution in [0.15, 0.2) is 18.2 Å². The Hall–Kier alpha value is -2.37. The summed E-state index contributed by atoms with van der Waals surface area (Å²) < 4.78 is 0. The van der Waals surface area contributed by atoms with Gasteiger partial charge in [0.1, 0.15) is 6.04 Å². The van der Waals surface area contributed by atoms with E-state index in [1.165, 1.54) is 6.92 Å². The molecule has 0 fully saturated rings. The Morgan fingerprint density at radius 1 is 1.17 bits per heavy atom. The minimum Gasteiger partial charge on any atom is -0.344 e. The van der Waals surface area contributed by atoms with Crippen molar-refractivity contribution in [3.8, 4) is 0 Å². The molecule has 0 aromatic heterocycles. The van der Waals surface area contributed by atoms with E-state index in [0.717, 1.165) is 17.7 Å². The van der Waals surface area contributed by atoms with Crippen molar-refractivity contribution >= 4 is 29.1 Å². The predicted molar refractivity (Wildman–Crippen MR) is 89.2 cm³/mol. The predicted octanol–water partition coefficient (Wildman–Crippen LogP) is 1.69. The number of amides is 3. The Bertz CT molecular complexity index is 640. The van der Waals surface area contributed by atoms with E-state index in [1.54, 1.807) is 17.9 Å². The van der Waals surface area contributed by atoms with Gasteiger partial charge in [0.15, 0.2) is 0 Å². The second-order valence-electron chi connectivity index (χ2n) is 6.18. The van der Waals surface area contributed by atoms with Gasteiger partial charge in [-0.2, -0.15) is 0 Å². The molecule has 3 amide bonds. The van der Waals surface area contributed by atoms with Gasteiger partial charge in [-0.3, -0.25) is 14.4 Å². The molecule has 0 saturated carbocycles. The molecule has 1 atom stereocenters. The summed E-state index contributed by atoms with van der Waals surface area (Å²) in [5, 5.41) is 5.52. The van der Waals surface area contributed by atoms with Crippen molar-refractivity contribution < 1.29 is 14.4 Å². The SMILES string of the molecule is CC(=O)NC(C(=O)Nc1ccc2c(c1)CCN2C(C)=O)C(C)C. The smallest absolute Gasteiger partial charge is 0.247 e. The molecule has 124 valence electrons. The lowest BCUT2D eigenvalue weighted by molar-refractivity contribution is -0.126. The van der Waals surface area contributed by atoms with Crippen molar-refractivity contribution in [2.24, 2.45) is 5.92 Å². The second-order valence-corrected chi connectivity index (χ2v) is 6.18. The highest BCUT2D eigenvalue weighted by molar-refractivity contribution is 5.98. The molecule has 1 heterocycles. The van der Waals surface area contributed by atoms with Gasteiger partial charge in [-0.1, -0.05) is 13.8 Å². The molecule has 1 aliphatic rings. The third kappa shape index (κ3) is 3.88. The van der Waals surface area contributed by atoms with Gasteiger partial charge >= 0.3 is 0 Å². The van der Waals surface area contributed by atoms with Crippen LogP contribution in [0.4, 0.5) is 11.4 Å². The maximum Gasteiger partial charge on any atom is 0.247 e. The van der Waals surface area contributed by atoms with Gasteiger partial charge in [-0.25, -0.2) is 0 Å². The first-order chi connectivity index (χ1) is 10.8. The minimum atomic E-state index is -0.575. The normalized spacial score (nSPS) is 14.4. The molecule has 6 nitrogen and oxygen atoms in total. The van der Waals surface area contributed by atoms with Crippen LogP contribution < -0.4 is 15.5 Å². The number of anilines is 2. The molecule has 0 bridgehead atoms. The van der Waals surface area contributed by atoms with Crippen LogP contribution in [0.3, 0.4) is 0 Å². The van der Waals surface area contributed by atoms with Gasteiger partial charge in [0.25, 0.3) is 0 Å². The topological polar surface area (TPSA) is 78.5 Å². The first kappa shape index (κ1) is 17.0. The van der Waals surface area contributed by atoms with Crippen molar-refractivity contribution in [2.75, 3.05) is 16.8 Å². The Balaban J connectivity index is 2.13. The summed E-state index contributed by atoms with van der Waals surface area (Å²) in [7, 11) is 0. The minimum absolute atomic E-state index is 0.0125. The number of benzene rings is 1. The molecule has 0 saturated heterocycles. The highest BCUT2D eigenvalue weighted by Gasteiger charge is 2.25. The van der Waals surface area contributed by atoms with E-state index in [4.69, 9.17) is 0 Å². The van der Waals surface area contributed by atoms with Crippen molar-refractivity contribution in [3.05, 3.63) is 23.8 Å². The van der Waals surface area contributed by atoms with Crippen LogP contribution in [0.2, 0.25) is 0 Å². The highest BCUT2D eigenvalue weighted by Crippen LogP contribution is 2.30. The summed E-state index contributed by atoms with van der Waals surface area (Å²) in [5.41, 5.74) is 2.62. The average molecular weight is 317 g/mol. The van der Waals surface area contributed by atoms with E-state index in [0.29, 0.717) is 12.2 Å². The molecule has 2 N–H and O–H groups in total. The summed E-state index contributed by atoms with van der Waals surface area (Å²) in [6.07, 6.45) is 0.776. The lowest BCUT2D eigenvalue weighted by Crippen LogP contribution is -2.46. The van der Waals surface area contributed by atoms with Gasteiger partial charge in [-0.05, 0) is 36.1 Å². The van der Waals surface area contributed by atoms with E-state index >= 15 is 0 Å². The molecule has 0 aliphatic carbocycles. The summed E-state index contributed by atoms with van der Waals surface area (Å²) in [6, 6.07) is 4.95. The second kappa shape index (κ2) is 6.81. The van der Waals surface area contributed by atoms with E-state index in [-0.39, 0.29) is 23.6 Å². The third-order valence-electron chi connectivity index (χ3n) is 3.93. The largest absolute Gasteiger partial charge is 0.344 e. The van der Waals surface area contributed by atoms with Crippen LogP contribution in [-0.4, -0.2) is 30.3 Å². The fourth-order valence-corrected chi connectivity index (χ4v) is 2.78. The number of nitrogens with zero attached hydrogens (tertiary/aromatic N) is 1. The van der Waals surface area contributed by atoms with Gasteiger partial charge in [-0.15, -0.1) is 0 Å². The van der Waals surface area contributed by atoms with Crippen LogP contribution in [0.1, 0.15) is 33.3 Å². The molecule has 1 unspecified atom stereocenters. The number of nitrogens with one attached hydrogen (secondary N) is 2. The standard InChI is InChI=1S/C17H23N3O3/c1-10(2)16(18-11(3)21)17(23)19-14-5-6-15-13(9-14)7-8-20(15)12(4)22/h5-6,9-10,16H,7-8H2,1-4H3,(H,18,21)(H,19,23). The molecule has 0 radical (unpaired) electrons. The maximum atomic E-state index is 12.4. The van der Waals surface area contributed by atoms with Crippen molar-refractivity contribution in [1.82, 2.24) is 5.32 Å². The van der Waals surface area contributed by atoms with Gasteiger partial charge in [0.2, 0.25) is 17.7 Å². The molecular formula is C17H23N3O3. The Kier molecular flexibility index (Phi) is 5.03. The van der Waals surface area contributed by atoms with Crippen LogP contribution in [-0.2, 0) is 20.8 Å². The lowest BCUT2D eigenvalue weighted by Gasteiger charge is -2.21. The zero-order valence-corrected chi connectivity index (χ0v) is 14.0. The molecule has 1 aliphatic heterocycles. The van der Waals surface area contributed by atoms with Crippen molar-refractivity contribution in [3.63, 3.8) is 0 Å². The fraction of sp³-hybridized carbons (Fsp3) is 0.471. The number of fused-ring (bicyclic) bond motifs is 1. The Labute approximate surface area is 136 Å². The number of rotatable bonds is 4. The molecule has 1 aromatic carbocycles. The monoisotopic (exact) mass is 317 g/mol. The summed E-state index contributed by atoms with van der Waals surface area (Å²) in [5.74, 6) is -0.464. The molecule has 23 heavy (non-hydrogen) atoms. The Morgan fingerprint density at radius 2 is 1.87 bits per heavy atom. The highest BCUT2D eigenvalue weighted by atomic mass is 16.2. The van der Waals surface area contributed by atoms with Crippen molar-refractivity contribution in [1.29, 1.82) is 0 Å². The Morgan fingerprint density at radius 3 is 2.43 bits per heavy atom. The van der Waals surface area contributed by atoms with Crippen molar-refractivity contribution in [2.45, 2.75) is 40.2 Å². The van der Waals surface area contributed by atoms with Crippen LogP contribution in [0.5, 0.6) is 0 Å². The van der Waals surface area contributed by atoms with Crippen LogP contribution in [0.25, 0.3) is 0 Å². The molecule has 1 aromatic rings. The number of carbonyl (C=O) groups is 3. The number of hydrogen-bond donors (Lipinski definition) is 2. The van der Waals surface area contributed by atoms with E-state index in [9.17, 15) is 14.4 Å². The molecule has 2 rings (SSSR count). The molecule has 0 spiro atoms. The summed E-state index contributed by atoms with van der Waals surface area (Å²) in [4.78, 5) is 36.9. The maximum absolute atomic E-state index is 12.4. The third-order valence-corrected chi connectivity index (χ3v) is 3.93. The zero-order valence-electron chi connectivity index (χ0n) is 14.0. The van der Waals surface area contributed by atoms with E-state index in [2.05, 4.69) is 10.6 Å². The van der Waals surface area contributed by atoms with E-state index in [1.807, 2.05) is 26.0 Å². The average Bonchev–Trinajstić information content (AvgIpc) is 2.87. The van der Waals surface area contributed by atoms with E-state index < -0.39 is 6.04 Å². The van der Waals surface area contributed by atoms with Gasteiger partial charge < -0.3 is 15.5 Å². The quantitative estimate of drug-likeness (QED) is 0.887. The van der Waals surface area contributed by atoms with Gasteiger partial charge in [0, 0.05) is 31.8 Å². The summed E-state index contributed by atoms with van der Waals surface area (Å²) >= 11 is 0. The zero-order chi connectivity index (χ0) is 17.1. The lowest BCUT2D eigenvalue weighted by atomic mass is 10.0. The van der Waals surface area contributed by atoms with Crippen LogP contribution >= 0.6 is 0 Å². The first-order valence-electron chi connectivity index (χ1n) is 7.78. The fourth-order valence-electron chi connectivity index (χ4n) is 2.78. The van der Waals surface area contributed by atoms with Gasteiger partial charge in [0.05, 0.1) is 0 Å². The number of carbonyl (C=O) groups excluding carboxylic acids is 3. The molecule has 6 heteroatoms. The van der Waals surface area contributed by atoms with Crippen LogP contribution in [0, 0.1) is 5.92 Å². The number of hydrogen-bond acceptors (Lipinski definition) is 3. The molecular weight excluding hydrogens is 294 g/mol. The summed E-state index contributed by atoms with van der Waals surface area (Å²) in [6.45, 7) is 7.38.